The van der Waals surface area contributed by atoms with Gasteiger partial charge in [0, 0.05) is 13.1 Å². The van der Waals surface area contributed by atoms with Crippen molar-refractivity contribution < 1.29 is 19.4 Å². The maximum atomic E-state index is 12.6. The van der Waals surface area contributed by atoms with E-state index in [9.17, 15) is 14.7 Å². The van der Waals surface area contributed by atoms with Crippen LogP contribution in [0.4, 0.5) is 0 Å². The Labute approximate surface area is 167 Å². The van der Waals surface area contributed by atoms with Crippen LogP contribution in [0.5, 0.6) is 5.75 Å². The summed E-state index contributed by atoms with van der Waals surface area (Å²) in [7, 11) is 1.89. The highest BCUT2D eigenvalue weighted by molar-refractivity contribution is 5.89. The number of nitrogens with two attached hydrogens (primary N) is 1. The second-order valence-corrected chi connectivity index (χ2v) is 8.43. The molecule has 1 atom stereocenters. The van der Waals surface area contributed by atoms with Crippen LogP contribution >= 0.6 is 0 Å². The number of hydrogen-bond acceptors (Lipinski definition) is 4. The minimum absolute atomic E-state index is 0.0882. The van der Waals surface area contributed by atoms with E-state index in [0.29, 0.717) is 24.3 Å². The van der Waals surface area contributed by atoms with Crippen molar-refractivity contribution in [2.75, 3.05) is 13.7 Å². The molecule has 1 aromatic rings. The Morgan fingerprint density at radius 2 is 1.89 bits per heavy atom. The Morgan fingerprint density at radius 1 is 1.21 bits per heavy atom. The van der Waals surface area contributed by atoms with E-state index in [0.717, 1.165) is 44.1 Å². The maximum Gasteiger partial charge on any atom is 0.336 e. The van der Waals surface area contributed by atoms with E-state index in [2.05, 4.69) is 0 Å². The van der Waals surface area contributed by atoms with Crippen molar-refractivity contribution in [1.82, 2.24) is 4.90 Å². The molecule has 2 aliphatic carbocycles. The molecule has 2 saturated carbocycles. The van der Waals surface area contributed by atoms with Gasteiger partial charge >= 0.3 is 5.97 Å². The van der Waals surface area contributed by atoms with Gasteiger partial charge in [-0.25, -0.2) is 4.79 Å². The van der Waals surface area contributed by atoms with Crippen LogP contribution in [0, 0.1) is 18.8 Å². The number of nitrogens with zero attached hydrogens (tertiary/aromatic N) is 1. The van der Waals surface area contributed by atoms with E-state index < -0.39 is 12.0 Å². The number of carbonyl (C=O) groups excluding carboxylic acids is 1. The van der Waals surface area contributed by atoms with Gasteiger partial charge in [-0.3, -0.25) is 4.79 Å². The molecule has 2 fully saturated rings. The quantitative estimate of drug-likeness (QED) is 0.748. The summed E-state index contributed by atoms with van der Waals surface area (Å²) < 4.78 is 5.86. The van der Waals surface area contributed by atoms with Crippen LogP contribution in [0.1, 0.15) is 60.9 Å². The van der Waals surface area contributed by atoms with E-state index in [1.165, 1.54) is 6.42 Å². The van der Waals surface area contributed by atoms with Gasteiger partial charge < -0.3 is 20.5 Å². The predicted molar refractivity (Wildman–Crippen MR) is 107 cm³/mol. The molecular weight excluding hydrogens is 356 g/mol. The van der Waals surface area contributed by atoms with Crippen molar-refractivity contribution in [2.45, 2.75) is 64.0 Å². The molecule has 1 amide bonds. The average molecular weight is 389 g/mol. The number of benzene rings is 1. The third-order valence-corrected chi connectivity index (χ3v) is 6.58. The standard InChI is InChI=1S/C22H32N2O4/c1-14-6-11-18(12-19(14)22(26)27)28-13-15-7-9-16(10-8-15)20(23)21(25)24(2)17-4-3-5-17/h6,11-12,15-17,20H,3-5,7-10,13,23H2,1-2H3,(H,26,27)/t15?,16?,20-/m0/s1. The van der Waals surface area contributed by atoms with Crippen LogP contribution in [0.25, 0.3) is 0 Å². The molecular formula is C22H32N2O4. The van der Waals surface area contributed by atoms with Gasteiger partial charge in [-0.1, -0.05) is 6.07 Å². The number of likely N-dealkylation sites (N-methyl/N-ethyl adjacent to an activating group) is 1. The topological polar surface area (TPSA) is 92.9 Å². The third-order valence-electron chi connectivity index (χ3n) is 6.58. The number of rotatable bonds is 7. The fourth-order valence-electron chi connectivity index (χ4n) is 4.24. The SMILES string of the molecule is Cc1ccc(OCC2CCC([C@H](N)C(=O)N(C)C3CCC3)CC2)cc1C(=O)O. The zero-order chi connectivity index (χ0) is 20.3. The van der Waals surface area contributed by atoms with Crippen LogP contribution in [-0.2, 0) is 4.79 Å². The number of aryl methyl sites for hydroxylation is 1. The molecule has 6 nitrogen and oxygen atoms in total. The Hall–Kier alpha value is -2.08. The average Bonchev–Trinajstić information content (AvgIpc) is 2.65. The normalized spacial score (nSPS) is 23.5. The minimum atomic E-state index is -0.936. The zero-order valence-corrected chi connectivity index (χ0v) is 16.9. The largest absolute Gasteiger partial charge is 0.493 e. The van der Waals surface area contributed by atoms with Gasteiger partial charge in [-0.2, -0.15) is 0 Å². The zero-order valence-electron chi connectivity index (χ0n) is 16.9. The van der Waals surface area contributed by atoms with E-state index in [-0.39, 0.29) is 17.4 Å². The molecule has 0 bridgehead atoms. The predicted octanol–water partition coefficient (Wildman–Crippen LogP) is 3.22. The van der Waals surface area contributed by atoms with Crippen molar-refractivity contribution in [2.24, 2.45) is 17.6 Å². The van der Waals surface area contributed by atoms with Crippen molar-refractivity contribution in [3.63, 3.8) is 0 Å². The molecule has 0 heterocycles. The molecule has 28 heavy (non-hydrogen) atoms. The molecule has 0 unspecified atom stereocenters. The number of aromatic carboxylic acids is 1. The summed E-state index contributed by atoms with van der Waals surface area (Å²) in [6, 6.07) is 5.17. The summed E-state index contributed by atoms with van der Waals surface area (Å²) >= 11 is 0. The summed E-state index contributed by atoms with van der Waals surface area (Å²) in [5.41, 5.74) is 7.31. The van der Waals surface area contributed by atoms with E-state index in [1.54, 1.807) is 19.1 Å². The molecule has 0 spiro atoms. The monoisotopic (exact) mass is 388 g/mol. The molecule has 2 aliphatic rings. The van der Waals surface area contributed by atoms with Crippen LogP contribution in [0.3, 0.4) is 0 Å². The fourth-order valence-corrected chi connectivity index (χ4v) is 4.24. The fraction of sp³-hybridized carbons (Fsp3) is 0.636. The lowest BCUT2D eigenvalue weighted by Gasteiger charge is -2.38. The first kappa shape index (κ1) is 20.6. The highest BCUT2D eigenvalue weighted by Gasteiger charge is 2.34. The van der Waals surface area contributed by atoms with E-state index >= 15 is 0 Å². The third kappa shape index (κ3) is 4.66. The van der Waals surface area contributed by atoms with Crippen LogP contribution in [-0.4, -0.2) is 47.6 Å². The molecule has 154 valence electrons. The highest BCUT2D eigenvalue weighted by atomic mass is 16.5. The summed E-state index contributed by atoms with van der Waals surface area (Å²) in [4.78, 5) is 25.7. The minimum Gasteiger partial charge on any atom is -0.493 e. The molecule has 3 N–H and O–H groups in total. The van der Waals surface area contributed by atoms with Gasteiger partial charge in [-0.15, -0.1) is 0 Å². The first-order chi connectivity index (χ1) is 13.4. The summed E-state index contributed by atoms with van der Waals surface area (Å²) in [6.45, 7) is 2.35. The Kier molecular flexibility index (Phi) is 6.60. The van der Waals surface area contributed by atoms with Gasteiger partial charge in [-0.05, 0) is 81.4 Å². The van der Waals surface area contributed by atoms with Crippen molar-refractivity contribution in [3.05, 3.63) is 29.3 Å². The smallest absolute Gasteiger partial charge is 0.336 e. The number of hydrogen-bond donors (Lipinski definition) is 2. The van der Waals surface area contributed by atoms with Gasteiger partial charge in [0.05, 0.1) is 18.2 Å². The van der Waals surface area contributed by atoms with E-state index in [4.69, 9.17) is 10.5 Å². The number of ether oxygens (including phenoxy) is 1. The molecule has 0 aliphatic heterocycles. The van der Waals surface area contributed by atoms with Crippen LogP contribution in [0.2, 0.25) is 0 Å². The van der Waals surface area contributed by atoms with Crippen LogP contribution in [0.15, 0.2) is 18.2 Å². The lowest BCUT2D eigenvalue weighted by molar-refractivity contribution is -0.136. The number of carboxylic acids is 1. The molecule has 3 rings (SSSR count). The Morgan fingerprint density at radius 3 is 2.46 bits per heavy atom. The van der Waals surface area contributed by atoms with Gasteiger partial charge in [0.1, 0.15) is 5.75 Å². The molecule has 0 radical (unpaired) electrons. The van der Waals surface area contributed by atoms with Gasteiger partial charge in [0.15, 0.2) is 0 Å². The van der Waals surface area contributed by atoms with E-state index in [1.807, 2.05) is 18.0 Å². The number of carboxylic acid groups (broad SMARTS) is 1. The van der Waals surface area contributed by atoms with Gasteiger partial charge in [0.25, 0.3) is 0 Å². The molecule has 1 aromatic carbocycles. The number of amides is 1. The second kappa shape index (κ2) is 8.95. The summed E-state index contributed by atoms with van der Waals surface area (Å²) in [5, 5.41) is 9.23. The molecule has 0 aromatic heterocycles. The summed E-state index contributed by atoms with van der Waals surface area (Å²) in [6.07, 6.45) is 7.25. The highest BCUT2D eigenvalue weighted by Crippen LogP contribution is 2.32. The molecule has 6 heteroatoms. The Bertz CT molecular complexity index is 708. The summed E-state index contributed by atoms with van der Waals surface area (Å²) in [5.74, 6) is 0.403. The first-order valence-electron chi connectivity index (χ1n) is 10.4. The van der Waals surface area contributed by atoms with Crippen molar-refractivity contribution in [3.8, 4) is 5.75 Å². The molecule has 0 saturated heterocycles. The Balaban J connectivity index is 1.46. The van der Waals surface area contributed by atoms with Crippen molar-refractivity contribution >= 4 is 11.9 Å². The first-order valence-corrected chi connectivity index (χ1v) is 10.4. The lowest BCUT2D eigenvalue weighted by atomic mass is 9.78. The van der Waals surface area contributed by atoms with Crippen LogP contribution < -0.4 is 10.5 Å². The lowest BCUT2D eigenvalue weighted by Crippen LogP contribution is -2.52. The van der Waals surface area contributed by atoms with Gasteiger partial charge in [0.2, 0.25) is 5.91 Å². The maximum absolute atomic E-state index is 12.6. The second-order valence-electron chi connectivity index (χ2n) is 8.43. The van der Waals surface area contributed by atoms with Crippen molar-refractivity contribution in [1.29, 1.82) is 0 Å². The number of carbonyl (C=O) groups is 2.